The molecule has 0 aliphatic carbocycles. The third-order valence-electron chi connectivity index (χ3n) is 3.54. The molecular formula is C18H20N2O2. The van der Waals surface area contributed by atoms with E-state index in [2.05, 4.69) is 26.0 Å². The zero-order valence-corrected chi connectivity index (χ0v) is 13.2. The molecule has 0 radical (unpaired) electrons. The molecule has 0 spiro atoms. The molecule has 0 N–H and O–H groups in total. The number of hydrogen-bond donors (Lipinski definition) is 0. The molecule has 2 heterocycles. The molecule has 22 heavy (non-hydrogen) atoms. The first-order valence-corrected chi connectivity index (χ1v) is 7.48. The van der Waals surface area contributed by atoms with Gasteiger partial charge < -0.3 is 13.9 Å². The predicted octanol–water partition coefficient (Wildman–Crippen LogP) is 4.11. The number of rotatable bonds is 5. The molecule has 0 amide bonds. The molecule has 4 heteroatoms. The molecule has 0 atom stereocenters. The molecule has 0 unspecified atom stereocenters. The maximum atomic E-state index is 5.91. The molecule has 0 aliphatic heterocycles. The van der Waals surface area contributed by atoms with Crippen molar-refractivity contribution >= 4 is 5.65 Å². The number of aromatic nitrogens is 2. The van der Waals surface area contributed by atoms with E-state index in [-0.39, 0.29) is 0 Å². The minimum absolute atomic E-state index is 0.653. The number of fused-ring (bicyclic) bond motifs is 1. The summed E-state index contributed by atoms with van der Waals surface area (Å²) in [5.41, 5.74) is 3.96. The number of methoxy groups -OCH3 is 1. The minimum Gasteiger partial charge on any atom is -0.493 e. The van der Waals surface area contributed by atoms with Gasteiger partial charge in [0.25, 0.3) is 0 Å². The Morgan fingerprint density at radius 2 is 2.09 bits per heavy atom. The highest BCUT2D eigenvalue weighted by molar-refractivity contribution is 5.72. The van der Waals surface area contributed by atoms with Crippen LogP contribution in [0.4, 0.5) is 0 Å². The van der Waals surface area contributed by atoms with Crippen LogP contribution in [-0.4, -0.2) is 23.1 Å². The summed E-state index contributed by atoms with van der Waals surface area (Å²) in [5.74, 6) is 1.49. The number of benzene rings is 1. The Morgan fingerprint density at radius 3 is 2.86 bits per heavy atom. The van der Waals surface area contributed by atoms with E-state index in [1.54, 1.807) is 7.11 Å². The molecule has 3 rings (SSSR count). The number of hydrogen-bond acceptors (Lipinski definition) is 3. The Hall–Kier alpha value is -2.49. The first kappa shape index (κ1) is 14.4. The van der Waals surface area contributed by atoms with Gasteiger partial charge in [-0.1, -0.05) is 13.0 Å². The summed E-state index contributed by atoms with van der Waals surface area (Å²) >= 11 is 0. The fourth-order valence-corrected chi connectivity index (χ4v) is 2.44. The van der Waals surface area contributed by atoms with Crippen molar-refractivity contribution in [3.8, 4) is 22.8 Å². The van der Waals surface area contributed by atoms with Crippen molar-refractivity contribution in [1.29, 1.82) is 0 Å². The first-order valence-electron chi connectivity index (χ1n) is 7.48. The van der Waals surface area contributed by atoms with E-state index in [0.717, 1.165) is 34.8 Å². The van der Waals surface area contributed by atoms with Crippen LogP contribution < -0.4 is 9.47 Å². The Labute approximate surface area is 130 Å². The molecule has 1 aromatic carbocycles. The second-order valence-corrected chi connectivity index (χ2v) is 5.28. The summed E-state index contributed by atoms with van der Waals surface area (Å²) in [6.07, 6.45) is 4.98. The molecule has 2 aromatic heterocycles. The van der Waals surface area contributed by atoms with Crippen molar-refractivity contribution < 1.29 is 9.47 Å². The highest BCUT2D eigenvalue weighted by Gasteiger charge is 2.15. The van der Waals surface area contributed by atoms with Crippen molar-refractivity contribution in [2.24, 2.45) is 0 Å². The third kappa shape index (κ3) is 2.64. The maximum Gasteiger partial charge on any atom is 0.170 e. The fraction of sp³-hybridized carbons (Fsp3) is 0.278. The van der Waals surface area contributed by atoms with Crippen LogP contribution in [0.25, 0.3) is 16.9 Å². The Balaban J connectivity index is 2.12. The van der Waals surface area contributed by atoms with Gasteiger partial charge in [-0.2, -0.15) is 0 Å². The lowest BCUT2D eigenvalue weighted by Crippen LogP contribution is -1.99. The largest absolute Gasteiger partial charge is 0.493 e. The minimum atomic E-state index is 0.653. The van der Waals surface area contributed by atoms with E-state index in [4.69, 9.17) is 14.5 Å². The molecule has 114 valence electrons. The van der Waals surface area contributed by atoms with Gasteiger partial charge >= 0.3 is 0 Å². The van der Waals surface area contributed by atoms with E-state index < -0.39 is 0 Å². The Bertz CT molecular complexity index is 793. The standard InChI is InChI=1S/C18H20N2O2/c1-4-10-22-18-14(6-5-7-16(18)21-3)15-12-20-9-8-13(2)11-17(20)19-15/h5-9,11-12H,4,10H2,1-3H3. The normalized spacial score (nSPS) is 10.9. The Morgan fingerprint density at radius 1 is 1.23 bits per heavy atom. The second-order valence-electron chi connectivity index (χ2n) is 5.28. The lowest BCUT2D eigenvalue weighted by atomic mass is 10.1. The van der Waals surface area contributed by atoms with Crippen LogP contribution in [0.3, 0.4) is 0 Å². The van der Waals surface area contributed by atoms with Gasteiger partial charge in [-0.25, -0.2) is 4.98 Å². The van der Waals surface area contributed by atoms with Crippen LogP contribution in [0.5, 0.6) is 11.5 Å². The molecule has 0 fully saturated rings. The summed E-state index contributed by atoms with van der Waals surface area (Å²) in [4.78, 5) is 4.72. The van der Waals surface area contributed by atoms with Gasteiger partial charge in [-0.3, -0.25) is 0 Å². The smallest absolute Gasteiger partial charge is 0.170 e. The molecular weight excluding hydrogens is 276 g/mol. The summed E-state index contributed by atoms with van der Waals surface area (Å²) in [6, 6.07) is 10.0. The van der Waals surface area contributed by atoms with Gasteiger partial charge in [0.1, 0.15) is 5.65 Å². The summed E-state index contributed by atoms with van der Waals surface area (Å²) in [7, 11) is 1.66. The fourth-order valence-electron chi connectivity index (χ4n) is 2.44. The molecule has 0 saturated carbocycles. The molecule has 3 aromatic rings. The second kappa shape index (κ2) is 6.10. The van der Waals surface area contributed by atoms with Crippen LogP contribution in [0.2, 0.25) is 0 Å². The van der Waals surface area contributed by atoms with Gasteiger partial charge in [0.05, 0.1) is 19.4 Å². The summed E-state index contributed by atoms with van der Waals surface area (Å²) < 4.78 is 13.4. The number of para-hydroxylation sites is 1. The average molecular weight is 296 g/mol. The first-order chi connectivity index (χ1) is 10.7. The average Bonchev–Trinajstić information content (AvgIpc) is 2.95. The van der Waals surface area contributed by atoms with Crippen molar-refractivity contribution in [2.45, 2.75) is 20.3 Å². The van der Waals surface area contributed by atoms with E-state index in [1.807, 2.05) is 35.0 Å². The van der Waals surface area contributed by atoms with Gasteiger partial charge in [0.15, 0.2) is 11.5 Å². The number of nitrogens with zero attached hydrogens (tertiary/aromatic N) is 2. The Kier molecular flexibility index (Phi) is 4.00. The van der Waals surface area contributed by atoms with Crippen molar-refractivity contribution in [3.63, 3.8) is 0 Å². The zero-order valence-electron chi connectivity index (χ0n) is 13.2. The third-order valence-corrected chi connectivity index (χ3v) is 3.54. The summed E-state index contributed by atoms with van der Waals surface area (Å²) in [5, 5.41) is 0. The van der Waals surface area contributed by atoms with Gasteiger partial charge in [-0.15, -0.1) is 0 Å². The highest BCUT2D eigenvalue weighted by atomic mass is 16.5. The van der Waals surface area contributed by atoms with Crippen LogP contribution in [0.1, 0.15) is 18.9 Å². The number of pyridine rings is 1. The van der Waals surface area contributed by atoms with Crippen molar-refractivity contribution in [3.05, 3.63) is 48.3 Å². The van der Waals surface area contributed by atoms with Crippen LogP contribution in [-0.2, 0) is 0 Å². The zero-order chi connectivity index (χ0) is 15.5. The van der Waals surface area contributed by atoms with Crippen LogP contribution in [0, 0.1) is 6.92 Å². The number of aryl methyl sites for hydroxylation is 1. The maximum absolute atomic E-state index is 5.91. The molecule has 0 bridgehead atoms. The highest BCUT2D eigenvalue weighted by Crippen LogP contribution is 2.37. The van der Waals surface area contributed by atoms with Gasteiger partial charge in [0, 0.05) is 18.0 Å². The molecule has 0 saturated heterocycles. The number of imidazole rings is 1. The lowest BCUT2D eigenvalue weighted by molar-refractivity contribution is 0.295. The van der Waals surface area contributed by atoms with Gasteiger partial charge in [0.2, 0.25) is 0 Å². The van der Waals surface area contributed by atoms with Gasteiger partial charge in [-0.05, 0) is 43.2 Å². The van der Waals surface area contributed by atoms with Crippen molar-refractivity contribution in [2.75, 3.05) is 13.7 Å². The summed E-state index contributed by atoms with van der Waals surface area (Å²) in [6.45, 7) is 4.80. The monoisotopic (exact) mass is 296 g/mol. The SMILES string of the molecule is CCCOc1c(OC)cccc1-c1cn2ccc(C)cc2n1. The lowest BCUT2D eigenvalue weighted by Gasteiger charge is -2.13. The molecule has 0 aliphatic rings. The van der Waals surface area contributed by atoms with E-state index in [9.17, 15) is 0 Å². The van der Waals surface area contributed by atoms with Crippen molar-refractivity contribution in [1.82, 2.24) is 9.38 Å². The van der Waals surface area contributed by atoms with E-state index in [1.165, 1.54) is 5.56 Å². The number of ether oxygens (including phenoxy) is 2. The van der Waals surface area contributed by atoms with E-state index in [0.29, 0.717) is 6.61 Å². The predicted molar refractivity (Wildman–Crippen MR) is 87.7 cm³/mol. The quantitative estimate of drug-likeness (QED) is 0.711. The van der Waals surface area contributed by atoms with E-state index >= 15 is 0 Å². The van der Waals surface area contributed by atoms with Crippen LogP contribution in [0.15, 0.2) is 42.7 Å². The van der Waals surface area contributed by atoms with Crippen LogP contribution >= 0.6 is 0 Å². The molecule has 4 nitrogen and oxygen atoms in total. The topological polar surface area (TPSA) is 35.8 Å².